The average Bonchev–Trinajstić information content (AvgIpc) is 3.00. The SMILES string of the molecule is COc1cc2c(cc1OC)[C@@H](C(=O)N1CCN(c3ccc(C(C)=O)cc3)CC1)[C@@H]1c3ccccc3CCN1C2=O. The van der Waals surface area contributed by atoms with Gasteiger partial charge in [0.2, 0.25) is 5.91 Å². The Morgan fingerprint density at radius 2 is 1.50 bits per heavy atom. The molecule has 0 radical (unpaired) electrons. The van der Waals surface area contributed by atoms with Crippen LogP contribution in [0.2, 0.25) is 0 Å². The molecule has 3 aliphatic heterocycles. The minimum atomic E-state index is -0.560. The second-order valence-corrected chi connectivity index (χ2v) is 10.6. The van der Waals surface area contributed by atoms with Gasteiger partial charge in [-0.1, -0.05) is 24.3 Å². The minimum absolute atomic E-state index is 0.0132. The van der Waals surface area contributed by atoms with Gasteiger partial charge >= 0.3 is 0 Å². The van der Waals surface area contributed by atoms with Gasteiger partial charge in [0.1, 0.15) is 0 Å². The van der Waals surface area contributed by atoms with Gasteiger partial charge in [0, 0.05) is 49.5 Å². The number of methoxy groups -OCH3 is 2. The van der Waals surface area contributed by atoms with Gasteiger partial charge in [0.05, 0.1) is 26.2 Å². The molecule has 3 aliphatic rings. The second-order valence-electron chi connectivity index (χ2n) is 10.6. The number of carbonyl (C=O) groups excluding carboxylic acids is 3. The van der Waals surface area contributed by atoms with Gasteiger partial charge in [-0.15, -0.1) is 0 Å². The van der Waals surface area contributed by atoms with Crippen LogP contribution in [0.25, 0.3) is 0 Å². The van der Waals surface area contributed by atoms with Crippen molar-refractivity contribution in [3.8, 4) is 11.5 Å². The number of benzene rings is 3. The van der Waals surface area contributed by atoms with Gasteiger partial charge in [0.15, 0.2) is 17.3 Å². The number of piperazine rings is 1. The molecule has 40 heavy (non-hydrogen) atoms. The molecule has 3 aromatic carbocycles. The van der Waals surface area contributed by atoms with Gasteiger partial charge < -0.3 is 24.2 Å². The van der Waals surface area contributed by atoms with E-state index in [1.54, 1.807) is 27.2 Å². The maximum Gasteiger partial charge on any atom is 0.254 e. The lowest BCUT2D eigenvalue weighted by molar-refractivity contribution is -0.135. The van der Waals surface area contributed by atoms with E-state index in [0.717, 1.165) is 17.7 Å². The molecule has 0 bridgehead atoms. The Bertz CT molecular complexity index is 1480. The molecule has 0 aromatic heterocycles. The summed E-state index contributed by atoms with van der Waals surface area (Å²) in [5.74, 6) is 0.387. The number of amides is 2. The van der Waals surface area contributed by atoms with Gasteiger partial charge in [0.25, 0.3) is 5.91 Å². The Morgan fingerprint density at radius 1 is 0.825 bits per heavy atom. The molecule has 1 fully saturated rings. The van der Waals surface area contributed by atoms with Crippen LogP contribution in [-0.2, 0) is 11.2 Å². The number of rotatable bonds is 5. The zero-order valence-corrected chi connectivity index (χ0v) is 23.1. The standard InChI is InChI=1S/C32H33N3O5/c1-20(36)21-8-10-23(11-9-21)33-14-16-34(17-15-33)32(38)29-25-18-27(39-2)28(40-3)19-26(25)31(37)35-13-12-22-6-4-5-7-24(22)30(29)35/h4-11,18-19,29-30H,12-17H2,1-3H3/t29-,30+/m1/s1. The van der Waals surface area contributed by atoms with Crippen molar-refractivity contribution in [3.05, 3.63) is 88.5 Å². The summed E-state index contributed by atoms with van der Waals surface area (Å²) in [6.07, 6.45) is 0.753. The van der Waals surface area contributed by atoms with E-state index < -0.39 is 5.92 Å². The van der Waals surface area contributed by atoms with Crippen molar-refractivity contribution in [2.45, 2.75) is 25.3 Å². The number of nitrogens with zero attached hydrogens (tertiary/aromatic N) is 3. The van der Waals surface area contributed by atoms with Crippen LogP contribution in [0.5, 0.6) is 11.5 Å². The fourth-order valence-corrected chi connectivity index (χ4v) is 6.40. The molecule has 2 amide bonds. The molecule has 1 saturated heterocycles. The van der Waals surface area contributed by atoms with Gasteiger partial charge in [-0.25, -0.2) is 0 Å². The number of anilines is 1. The van der Waals surface area contributed by atoms with Gasteiger partial charge in [-0.3, -0.25) is 14.4 Å². The molecule has 6 rings (SSSR count). The molecule has 3 heterocycles. The summed E-state index contributed by atoms with van der Waals surface area (Å²) in [4.78, 5) is 46.0. The second kappa shape index (κ2) is 10.3. The lowest BCUT2D eigenvalue weighted by Gasteiger charge is -2.47. The maximum atomic E-state index is 14.5. The van der Waals surface area contributed by atoms with Crippen molar-refractivity contribution in [3.63, 3.8) is 0 Å². The lowest BCUT2D eigenvalue weighted by Crippen LogP contribution is -2.54. The van der Waals surface area contributed by atoms with E-state index in [1.807, 2.05) is 58.3 Å². The highest BCUT2D eigenvalue weighted by atomic mass is 16.5. The molecule has 8 heteroatoms. The van der Waals surface area contributed by atoms with E-state index in [4.69, 9.17) is 9.47 Å². The van der Waals surface area contributed by atoms with Crippen LogP contribution in [0, 0.1) is 0 Å². The number of hydrogen-bond donors (Lipinski definition) is 0. The number of carbonyl (C=O) groups is 3. The van der Waals surface area contributed by atoms with Crippen molar-refractivity contribution in [2.24, 2.45) is 0 Å². The minimum Gasteiger partial charge on any atom is -0.493 e. The van der Waals surface area contributed by atoms with E-state index >= 15 is 0 Å². The smallest absolute Gasteiger partial charge is 0.254 e. The number of hydrogen-bond acceptors (Lipinski definition) is 6. The van der Waals surface area contributed by atoms with E-state index in [-0.39, 0.29) is 23.6 Å². The first-order chi connectivity index (χ1) is 19.4. The van der Waals surface area contributed by atoms with Crippen molar-refractivity contribution < 1.29 is 23.9 Å². The first-order valence-corrected chi connectivity index (χ1v) is 13.7. The van der Waals surface area contributed by atoms with Crippen LogP contribution in [0.4, 0.5) is 5.69 Å². The fourth-order valence-electron chi connectivity index (χ4n) is 6.40. The molecular formula is C32H33N3O5. The number of ether oxygens (including phenoxy) is 2. The summed E-state index contributed by atoms with van der Waals surface area (Å²) in [7, 11) is 3.11. The number of Topliss-reactive ketones (excluding diaryl/α,β-unsaturated/α-hetero) is 1. The van der Waals surface area contributed by atoms with Crippen molar-refractivity contribution >= 4 is 23.3 Å². The first-order valence-electron chi connectivity index (χ1n) is 13.7. The molecule has 3 aromatic rings. The summed E-state index contributed by atoms with van der Waals surface area (Å²) >= 11 is 0. The summed E-state index contributed by atoms with van der Waals surface area (Å²) in [5, 5.41) is 0. The zero-order valence-electron chi connectivity index (χ0n) is 23.1. The molecule has 0 unspecified atom stereocenters. The van der Waals surface area contributed by atoms with Crippen LogP contribution in [-0.4, -0.2) is 74.3 Å². The molecule has 0 spiro atoms. The third-order valence-corrected chi connectivity index (χ3v) is 8.53. The van der Waals surface area contributed by atoms with E-state index in [1.165, 1.54) is 5.56 Å². The highest BCUT2D eigenvalue weighted by molar-refractivity contribution is 6.02. The Kier molecular flexibility index (Phi) is 6.70. The third kappa shape index (κ3) is 4.28. The summed E-state index contributed by atoms with van der Waals surface area (Å²) < 4.78 is 11.1. The highest BCUT2D eigenvalue weighted by Crippen LogP contribution is 2.49. The van der Waals surface area contributed by atoms with Crippen LogP contribution < -0.4 is 14.4 Å². The number of ketones is 1. The Balaban J connectivity index is 1.34. The van der Waals surface area contributed by atoms with Gasteiger partial charge in [-0.05, 0) is 66.4 Å². The maximum absolute atomic E-state index is 14.5. The van der Waals surface area contributed by atoms with Gasteiger partial charge in [-0.2, -0.15) is 0 Å². The third-order valence-electron chi connectivity index (χ3n) is 8.53. The molecule has 0 aliphatic carbocycles. The van der Waals surface area contributed by atoms with Crippen molar-refractivity contribution in [2.75, 3.05) is 51.8 Å². The topological polar surface area (TPSA) is 79.4 Å². The first kappa shape index (κ1) is 25.9. The number of fused-ring (bicyclic) bond motifs is 4. The molecule has 8 nitrogen and oxygen atoms in total. The Labute approximate surface area is 234 Å². The zero-order chi connectivity index (χ0) is 28.0. The van der Waals surface area contributed by atoms with Crippen LogP contribution >= 0.6 is 0 Å². The van der Waals surface area contributed by atoms with E-state index in [9.17, 15) is 14.4 Å². The van der Waals surface area contributed by atoms with E-state index in [0.29, 0.717) is 60.9 Å². The predicted molar refractivity (Wildman–Crippen MR) is 151 cm³/mol. The average molecular weight is 540 g/mol. The van der Waals surface area contributed by atoms with Crippen LogP contribution in [0.15, 0.2) is 60.7 Å². The fraction of sp³-hybridized carbons (Fsp3) is 0.344. The lowest BCUT2D eigenvalue weighted by atomic mass is 9.75. The normalized spacial score (nSPS) is 19.9. The molecule has 206 valence electrons. The largest absolute Gasteiger partial charge is 0.493 e. The van der Waals surface area contributed by atoms with Crippen molar-refractivity contribution in [1.29, 1.82) is 0 Å². The Morgan fingerprint density at radius 3 is 2.17 bits per heavy atom. The van der Waals surface area contributed by atoms with Crippen LogP contribution in [0.1, 0.15) is 56.3 Å². The summed E-state index contributed by atoms with van der Waals surface area (Å²) in [5.41, 5.74) is 5.12. The predicted octanol–water partition coefficient (Wildman–Crippen LogP) is 4.09. The van der Waals surface area contributed by atoms with E-state index in [2.05, 4.69) is 11.0 Å². The summed E-state index contributed by atoms with van der Waals surface area (Å²) in [6, 6.07) is 18.9. The van der Waals surface area contributed by atoms with Crippen molar-refractivity contribution in [1.82, 2.24) is 9.80 Å². The highest BCUT2D eigenvalue weighted by Gasteiger charge is 2.48. The molecular weight excluding hydrogens is 506 g/mol. The molecule has 0 saturated carbocycles. The molecule has 2 atom stereocenters. The Hall–Kier alpha value is -4.33. The quantitative estimate of drug-likeness (QED) is 0.455. The summed E-state index contributed by atoms with van der Waals surface area (Å²) in [6.45, 7) is 4.61. The monoisotopic (exact) mass is 539 g/mol. The van der Waals surface area contributed by atoms with Crippen LogP contribution in [0.3, 0.4) is 0 Å². The molecule has 0 N–H and O–H groups in total.